The molecule has 0 fully saturated rings. The molecule has 0 aromatic heterocycles. The first kappa shape index (κ1) is 7.07. The number of hydrogen-bond acceptors (Lipinski definition) is 3. The maximum Gasteiger partial charge on any atom is 0.143 e. The van der Waals surface area contributed by atoms with Gasteiger partial charge < -0.3 is 4.79 Å². The molecule has 0 aromatic rings. The van der Waals surface area contributed by atoms with Crippen LogP contribution in [0, 0.1) is 4.91 Å². The summed E-state index contributed by atoms with van der Waals surface area (Å²) in [5, 5.41) is 2.35. The molecule has 4 heteroatoms. The maximum absolute atomic E-state index is 9.86. The Morgan fingerprint density at radius 2 is 2.50 bits per heavy atom. The Labute approximate surface area is 47.2 Å². The smallest absolute Gasteiger partial charge is 0.143 e. The van der Waals surface area contributed by atoms with Crippen LogP contribution in [0.15, 0.2) is 5.29 Å². The van der Waals surface area contributed by atoms with Gasteiger partial charge in [-0.3, -0.25) is 5.43 Å². The Morgan fingerprint density at radius 1 is 1.88 bits per heavy atom. The summed E-state index contributed by atoms with van der Waals surface area (Å²) in [6, 6.07) is -0.410. The number of carbonyl (C=O) groups is 1. The second-order valence-corrected chi connectivity index (χ2v) is 1.37. The molecule has 0 heterocycles. The Balaban J connectivity index is 3.35. The van der Waals surface area contributed by atoms with Crippen LogP contribution in [0.25, 0.3) is 0 Å². The largest absolute Gasteiger partial charge is 0.301 e. The van der Waals surface area contributed by atoms with E-state index in [1.165, 1.54) is 0 Å². The minimum atomic E-state index is -0.410. The molecule has 1 unspecified atom stereocenters. The first-order valence-corrected chi connectivity index (χ1v) is 2.38. The van der Waals surface area contributed by atoms with Gasteiger partial charge in [-0.15, -0.1) is 4.91 Å². The van der Waals surface area contributed by atoms with Gasteiger partial charge in [0.05, 0.1) is 5.29 Å². The lowest BCUT2D eigenvalue weighted by Gasteiger charge is -1.99. The van der Waals surface area contributed by atoms with Gasteiger partial charge in [0, 0.05) is 0 Å². The first-order chi connectivity index (χ1) is 3.85. The molecule has 0 radical (unpaired) electrons. The lowest BCUT2D eigenvalue weighted by Crippen LogP contribution is -2.23. The van der Waals surface area contributed by atoms with Gasteiger partial charge in [0.2, 0.25) is 0 Å². The fourth-order valence-electron chi connectivity index (χ4n) is 0.286. The van der Waals surface area contributed by atoms with E-state index in [4.69, 9.17) is 0 Å². The molecular formula is C4H8N2O2. The van der Waals surface area contributed by atoms with Crippen molar-refractivity contribution in [3.63, 3.8) is 0 Å². The molecule has 0 aliphatic heterocycles. The van der Waals surface area contributed by atoms with Crippen molar-refractivity contribution in [2.75, 3.05) is 0 Å². The van der Waals surface area contributed by atoms with E-state index in [1.807, 2.05) is 0 Å². The average Bonchev–Trinajstić information content (AvgIpc) is 1.83. The van der Waals surface area contributed by atoms with Crippen LogP contribution in [-0.2, 0) is 4.79 Å². The minimum Gasteiger partial charge on any atom is -0.301 e. The van der Waals surface area contributed by atoms with E-state index < -0.39 is 6.04 Å². The van der Waals surface area contributed by atoms with Crippen LogP contribution in [0.1, 0.15) is 13.3 Å². The molecule has 4 nitrogen and oxygen atoms in total. The predicted octanol–water partition coefficient (Wildman–Crippen LogP) is 0.235. The van der Waals surface area contributed by atoms with Crippen molar-refractivity contribution in [1.82, 2.24) is 5.43 Å². The topological polar surface area (TPSA) is 58.5 Å². The van der Waals surface area contributed by atoms with Gasteiger partial charge in [-0.2, -0.15) is 0 Å². The summed E-state index contributed by atoms with van der Waals surface area (Å²) in [5.41, 5.74) is 2.08. The van der Waals surface area contributed by atoms with Crippen LogP contribution in [0.5, 0.6) is 0 Å². The standard InChI is InChI=1S/C4H8N2O2/c1-2-4(3-7)5-6-8/h3-4H,2H2,1H3,(H,5,8). The molecule has 0 aromatic carbocycles. The molecule has 8 heavy (non-hydrogen) atoms. The molecule has 0 amide bonds. The van der Waals surface area contributed by atoms with Crippen LogP contribution in [0.4, 0.5) is 0 Å². The highest BCUT2D eigenvalue weighted by molar-refractivity contribution is 5.57. The highest BCUT2D eigenvalue weighted by Crippen LogP contribution is 1.82. The summed E-state index contributed by atoms with van der Waals surface area (Å²) in [6.45, 7) is 1.79. The van der Waals surface area contributed by atoms with Gasteiger partial charge in [0.15, 0.2) is 0 Å². The van der Waals surface area contributed by atoms with Gasteiger partial charge in [0.25, 0.3) is 0 Å². The SMILES string of the molecule is CCC(C=O)NN=O. The summed E-state index contributed by atoms with van der Waals surface area (Å²) < 4.78 is 0. The number of rotatable bonds is 4. The van der Waals surface area contributed by atoms with Crippen LogP contribution in [0.3, 0.4) is 0 Å². The molecule has 0 aliphatic rings. The number of carbonyl (C=O) groups excluding carboxylic acids is 1. The summed E-state index contributed by atoms with van der Waals surface area (Å²) >= 11 is 0. The molecular weight excluding hydrogens is 108 g/mol. The average molecular weight is 116 g/mol. The number of nitroso groups, excluding NO2 is 1. The van der Waals surface area contributed by atoms with E-state index in [0.29, 0.717) is 12.7 Å². The zero-order chi connectivity index (χ0) is 6.41. The number of aldehydes is 1. The molecule has 0 aliphatic carbocycles. The molecule has 46 valence electrons. The second-order valence-electron chi connectivity index (χ2n) is 1.37. The van der Waals surface area contributed by atoms with Gasteiger partial charge >= 0.3 is 0 Å². The van der Waals surface area contributed by atoms with E-state index >= 15 is 0 Å². The van der Waals surface area contributed by atoms with Crippen LogP contribution in [-0.4, -0.2) is 12.3 Å². The molecule has 0 bridgehead atoms. The van der Waals surface area contributed by atoms with E-state index in [9.17, 15) is 9.70 Å². The third-order valence-electron chi connectivity index (χ3n) is 0.823. The van der Waals surface area contributed by atoms with Crippen molar-refractivity contribution in [3.05, 3.63) is 4.91 Å². The normalized spacial score (nSPS) is 12.1. The van der Waals surface area contributed by atoms with Crippen LogP contribution >= 0.6 is 0 Å². The third-order valence-corrected chi connectivity index (χ3v) is 0.823. The fraction of sp³-hybridized carbons (Fsp3) is 0.750. The Kier molecular flexibility index (Phi) is 3.74. The summed E-state index contributed by atoms with van der Waals surface area (Å²) in [4.78, 5) is 19.3. The highest BCUT2D eigenvalue weighted by Gasteiger charge is 1.98. The molecule has 0 saturated heterocycles. The van der Waals surface area contributed by atoms with Crippen LogP contribution < -0.4 is 5.43 Å². The zero-order valence-corrected chi connectivity index (χ0v) is 4.63. The van der Waals surface area contributed by atoms with E-state index in [-0.39, 0.29) is 0 Å². The highest BCUT2D eigenvalue weighted by atomic mass is 16.3. The van der Waals surface area contributed by atoms with Crippen molar-refractivity contribution < 1.29 is 4.79 Å². The Bertz CT molecular complexity index is 84.1. The monoisotopic (exact) mass is 116 g/mol. The van der Waals surface area contributed by atoms with Gasteiger partial charge in [-0.25, -0.2) is 0 Å². The van der Waals surface area contributed by atoms with E-state index in [0.717, 1.165) is 0 Å². The Morgan fingerprint density at radius 3 is 2.62 bits per heavy atom. The van der Waals surface area contributed by atoms with E-state index in [2.05, 4.69) is 10.7 Å². The zero-order valence-electron chi connectivity index (χ0n) is 4.63. The quantitative estimate of drug-likeness (QED) is 0.325. The van der Waals surface area contributed by atoms with Crippen molar-refractivity contribution in [3.8, 4) is 0 Å². The molecule has 0 rings (SSSR count). The predicted molar refractivity (Wildman–Crippen MR) is 29.1 cm³/mol. The lowest BCUT2D eigenvalue weighted by atomic mass is 10.3. The summed E-state index contributed by atoms with van der Waals surface area (Å²) in [7, 11) is 0. The van der Waals surface area contributed by atoms with Gasteiger partial charge in [-0.1, -0.05) is 6.92 Å². The number of nitrogens with zero attached hydrogens (tertiary/aromatic N) is 1. The van der Waals surface area contributed by atoms with Crippen molar-refractivity contribution in [1.29, 1.82) is 0 Å². The molecule has 0 spiro atoms. The second kappa shape index (κ2) is 4.23. The van der Waals surface area contributed by atoms with Gasteiger partial charge in [0.1, 0.15) is 12.3 Å². The van der Waals surface area contributed by atoms with Crippen molar-refractivity contribution in [2.24, 2.45) is 5.29 Å². The van der Waals surface area contributed by atoms with Gasteiger partial charge in [-0.05, 0) is 6.42 Å². The number of hydrogen-bond donors (Lipinski definition) is 1. The number of nitrogens with one attached hydrogen (secondary N) is 1. The van der Waals surface area contributed by atoms with Crippen molar-refractivity contribution >= 4 is 6.29 Å². The summed E-state index contributed by atoms with van der Waals surface area (Å²) in [5.74, 6) is 0. The minimum absolute atomic E-state index is 0.410. The molecule has 1 atom stereocenters. The molecule has 0 saturated carbocycles. The third kappa shape index (κ3) is 2.28. The maximum atomic E-state index is 9.86. The lowest BCUT2D eigenvalue weighted by molar-refractivity contribution is -0.109. The van der Waals surface area contributed by atoms with Crippen molar-refractivity contribution in [2.45, 2.75) is 19.4 Å². The van der Waals surface area contributed by atoms with Crippen LogP contribution in [0.2, 0.25) is 0 Å². The fourth-order valence-corrected chi connectivity index (χ4v) is 0.286. The molecule has 1 N–H and O–H groups in total. The Hall–Kier alpha value is -0.930. The summed E-state index contributed by atoms with van der Waals surface area (Å²) in [6.07, 6.45) is 1.25. The van der Waals surface area contributed by atoms with E-state index in [1.54, 1.807) is 6.92 Å². The first-order valence-electron chi connectivity index (χ1n) is 2.38.